The number of ether oxygens (including phenoxy) is 1. The number of rotatable bonds is 5. The first-order valence-electron chi connectivity index (χ1n) is 9.00. The Morgan fingerprint density at radius 2 is 1.84 bits per heavy atom. The first kappa shape index (κ1) is 20.8. The van der Waals surface area contributed by atoms with Crippen molar-refractivity contribution < 1.29 is 22.3 Å². The third-order valence-electron chi connectivity index (χ3n) is 4.41. The van der Waals surface area contributed by atoms with E-state index in [1.807, 2.05) is 0 Å². The second-order valence-electron chi connectivity index (χ2n) is 6.57. The molecule has 31 heavy (non-hydrogen) atoms. The molecule has 3 aromatic carbocycles. The van der Waals surface area contributed by atoms with Gasteiger partial charge in [-0.15, -0.1) is 0 Å². The van der Waals surface area contributed by atoms with Gasteiger partial charge >= 0.3 is 0 Å². The summed E-state index contributed by atoms with van der Waals surface area (Å²) in [6, 6.07) is 15.7. The molecule has 1 heterocycles. The molecule has 3 aromatic rings. The lowest BCUT2D eigenvalue weighted by Crippen LogP contribution is -2.21. The van der Waals surface area contributed by atoms with Gasteiger partial charge in [0.25, 0.3) is 15.9 Å². The number of halogens is 2. The minimum Gasteiger partial charge on any atom is -0.486 e. The van der Waals surface area contributed by atoms with E-state index in [1.54, 1.807) is 12.1 Å². The van der Waals surface area contributed by atoms with E-state index in [1.165, 1.54) is 54.6 Å². The van der Waals surface area contributed by atoms with Crippen molar-refractivity contribution in [2.75, 3.05) is 11.3 Å². The number of carbonyl (C=O) groups is 1. The van der Waals surface area contributed by atoms with Crippen molar-refractivity contribution in [2.45, 2.75) is 4.90 Å². The van der Waals surface area contributed by atoms with Crippen LogP contribution in [0.4, 0.5) is 10.1 Å². The summed E-state index contributed by atoms with van der Waals surface area (Å²) < 4.78 is 46.3. The summed E-state index contributed by atoms with van der Waals surface area (Å²) in [5.41, 5.74) is 3.81. The van der Waals surface area contributed by atoms with Crippen LogP contribution in [-0.2, 0) is 10.0 Å². The molecule has 0 unspecified atom stereocenters. The second kappa shape index (κ2) is 8.37. The Bertz CT molecular complexity index is 1290. The number of sulfonamides is 1. The van der Waals surface area contributed by atoms with Crippen molar-refractivity contribution in [3.05, 3.63) is 88.7 Å². The van der Waals surface area contributed by atoms with Crippen LogP contribution in [0, 0.1) is 5.82 Å². The number of carbonyl (C=O) groups excluding carboxylic acids is 1. The average Bonchev–Trinajstić information content (AvgIpc) is 3.15. The maximum atomic E-state index is 13.3. The normalized spacial score (nSPS) is 14.1. The summed E-state index contributed by atoms with van der Waals surface area (Å²) in [5.74, 6) is -0.699. The molecular formula is C21H15ClFN3O4S. The van der Waals surface area contributed by atoms with Crippen LogP contribution in [0.1, 0.15) is 15.9 Å². The van der Waals surface area contributed by atoms with E-state index in [-0.39, 0.29) is 17.1 Å². The van der Waals surface area contributed by atoms with E-state index in [4.69, 9.17) is 16.3 Å². The highest BCUT2D eigenvalue weighted by molar-refractivity contribution is 7.92. The molecule has 0 fully saturated rings. The van der Waals surface area contributed by atoms with Gasteiger partial charge in [0.2, 0.25) is 0 Å². The van der Waals surface area contributed by atoms with Crippen LogP contribution < -0.4 is 14.9 Å². The minimum atomic E-state index is -3.92. The molecule has 2 N–H and O–H groups in total. The zero-order valence-corrected chi connectivity index (χ0v) is 17.4. The summed E-state index contributed by atoms with van der Waals surface area (Å²) in [5, 5.41) is 4.51. The molecule has 0 saturated heterocycles. The standard InChI is InChI=1S/C21H15ClFN3O4S/c22-14-4-7-16(8-5-14)26-31(28,29)17-3-1-2-13(10-17)21(27)25-24-19-12-30-20-11-15(23)6-9-18(19)20/h1-11,26H,12H2,(H,25,27)/b24-19-. The van der Waals surface area contributed by atoms with Crippen molar-refractivity contribution in [3.63, 3.8) is 0 Å². The largest absolute Gasteiger partial charge is 0.486 e. The predicted octanol–water partition coefficient (Wildman–Crippen LogP) is 3.81. The van der Waals surface area contributed by atoms with Crippen LogP contribution in [0.25, 0.3) is 0 Å². The fraction of sp³-hybridized carbons (Fsp3) is 0.0476. The zero-order valence-electron chi connectivity index (χ0n) is 15.8. The second-order valence-corrected chi connectivity index (χ2v) is 8.69. The molecule has 0 bridgehead atoms. The molecule has 0 atom stereocenters. The minimum absolute atomic E-state index is 0.0818. The quantitative estimate of drug-likeness (QED) is 0.567. The Morgan fingerprint density at radius 3 is 2.61 bits per heavy atom. The lowest BCUT2D eigenvalue weighted by molar-refractivity contribution is 0.0954. The van der Waals surface area contributed by atoms with E-state index in [2.05, 4.69) is 15.2 Å². The predicted molar refractivity (Wildman–Crippen MR) is 115 cm³/mol. The molecule has 7 nitrogen and oxygen atoms in total. The van der Waals surface area contributed by atoms with E-state index in [9.17, 15) is 17.6 Å². The van der Waals surface area contributed by atoms with Gasteiger partial charge in [0.15, 0.2) is 0 Å². The first-order valence-corrected chi connectivity index (χ1v) is 10.9. The van der Waals surface area contributed by atoms with Crippen LogP contribution in [0.2, 0.25) is 5.02 Å². The van der Waals surface area contributed by atoms with Crippen molar-refractivity contribution in [2.24, 2.45) is 5.10 Å². The number of amides is 1. The molecule has 1 aliphatic heterocycles. The number of nitrogens with zero attached hydrogens (tertiary/aromatic N) is 1. The van der Waals surface area contributed by atoms with E-state index in [0.717, 1.165) is 0 Å². The summed E-state index contributed by atoms with van der Waals surface area (Å²) in [4.78, 5) is 12.4. The number of hydrogen-bond donors (Lipinski definition) is 2. The highest BCUT2D eigenvalue weighted by atomic mass is 35.5. The van der Waals surface area contributed by atoms with Gasteiger partial charge in [0, 0.05) is 27.9 Å². The van der Waals surface area contributed by atoms with Gasteiger partial charge < -0.3 is 4.74 Å². The molecule has 158 valence electrons. The molecule has 1 aliphatic rings. The average molecular weight is 460 g/mol. The Balaban J connectivity index is 1.50. The molecular weight excluding hydrogens is 445 g/mol. The van der Waals surface area contributed by atoms with Gasteiger partial charge in [0.1, 0.15) is 23.9 Å². The fourth-order valence-corrected chi connectivity index (χ4v) is 4.12. The lowest BCUT2D eigenvalue weighted by Gasteiger charge is -2.09. The van der Waals surface area contributed by atoms with E-state index < -0.39 is 21.7 Å². The van der Waals surface area contributed by atoms with Crippen molar-refractivity contribution >= 4 is 38.9 Å². The highest BCUT2D eigenvalue weighted by Crippen LogP contribution is 2.26. The van der Waals surface area contributed by atoms with Crippen LogP contribution in [-0.4, -0.2) is 26.6 Å². The molecule has 0 aromatic heterocycles. The SMILES string of the molecule is O=C(N/N=C1/COc2cc(F)ccc21)c1cccc(S(=O)(=O)Nc2ccc(Cl)cc2)c1. The first-order chi connectivity index (χ1) is 14.8. The Labute approximate surface area is 182 Å². The monoisotopic (exact) mass is 459 g/mol. The maximum Gasteiger partial charge on any atom is 0.271 e. The van der Waals surface area contributed by atoms with E-state index in [0.29, 0.717) is 27.7 Å². The van der Waals surface area contributed by atoms with Crippen LogP contribution in [0.5, 0.6) is 5.75 Å². The molecule has 1 amide bonds. The number of anilines is 1. The smallest absolute Gasteiger partial charge is 0.271 e. The lowest BCUT2D eigenvalue weighted by atomic mass is 10.1. The van der Waals surface area contributed by atoms with Gasteiger partial charge in [0.05, 0.1) is 4.90 Å². The van der Waals surface area contributed by atoms with Crippen molar-refractivity contribution in [1.29, 1.82) is 0 Å². The molecule has 0 saturated carbocycles. The van der Waals surface area contributed by atoms with Crippen molar-refractivity contribution in [1.82, 2.24) is 5.43 Å². The van der Waals surface area contributed by atoms with Gasteiger partial charge in [-0.3, -0.25) is 9.52 Å². The topological polar surface area (TPSA) is 96.9 Å². The molecule has 10 heteroatoms. The summed E-state index contributed by atoms with van der Waals surface area (Å²) in [6.45, 7) is 0.0818. The maximum absolute atomic E-state index is 13.3. The number of hydrogen-bond acceptors (Lipinski definition) is 5. The molecule has 0 radical (unpaired) electrons. The Kier molecular flexibility index (Phi) is 5.62. The van der Waals surface area contributed by atoms with Gasteiger partial charge in [-0.25, -0.2) is 18.2 Å². The van der Waals surface area contributed by atoms with Gasteiger partial charge in [-0.05, 0) is 54.6 Å². The van der Waals surface area contributed by atoms with Crippen LogP contribution in [0.15, 0.2) is 76.7 Å². The molecule has 4 rings (SSSR count). The molecule has 0 aliphatic carbocycles. The summed E-state index contributed by atoms with van der Waals surface area (Å²) in [6.07, 6.45) is 0. The summed E-state index contributed by atoms with van der Waals surface area (Å²) >= 11 is 5.81. The van der Waals surface area contributed by atoms with Gasteiger partial charge in [-0.2, -0.15) is 5.10 Å². The third-order valence-corrected chi connectivity index (χ3v) is 6.05. The van der Waals surface area contributed by atoms with E-state index >= 15 is 0 Å². The number of nitrogens with one attached hydrogen (secondary N) is 2. The molecule has 0 spiro atoms. The van der Waals surface area contributed by atoms with Crippen LogP contribution >= 0.6 is 11.6 Å². The Morgan fingerprint density at radius 1 is 1.06 bits per heavy atom. The third kappa shape index (κ3) is 4.68. The number of fused-ring (bicyclic) bond motifs is 1. The number of hydrazone groups is 1. The zero-order chi connectivity index (χ0) is 22.0. The fourth-order valence-electron chi connectivity index (χ4n) is 2.89. The Hall–Kier alpha value is -3.43. The van der Waals surface area contributed by atoms with Crippen LogP contribution in [0.3, 0.4) is 0 Å². The highest BCUT2D eigenvalue weighted by Gasteiger charge is 2.21. The van der Waals surface area contributed by atoms with Crippen molar-refractivity contribution in [3.8, 4) is 5.75 Å². The van der Waals surface area contributed by atoms with Gasteiger partial charge in [-0.1, -0.05) is 17.7 Å². The summed E-state index contributed by atoms with van der Waals surface area (Å²) in [7, 11) is -3.92. The number of benzene rings is 3.